The summed E-state index contributed by atoms with van der Waals surface area (Å²) in [7, 11) is 1.69. The van der Waals surface area contributed by atoms with Gasteiger partial charge in [-0.25, -0.2) is 4.98 Å². The molecular weight excluding hydrogens is 270 g/mol. The molecule has 3 heterocycles. The number of aliphatic hydroxyl groups excluding tert-OH is 1. The zero-order valence-electron chi connectivity index (χ0n) is 12.7. The largest absolute Gasteiger partial charge is 0.390 e. The number of methoxy groups -OCH3 is 1. The lowest BCUT2D eigenvalue weighted by molar-refractivity contribution is -0.177. The van der Waals surface area contributed by atoms with E-state index in [1.54, 1.807) is 7.11 Å². The Kier molecular flexibility index (Phi) is 4.59. The molecule has 0 bridgehead atoms. The van der Waals surface area contributed by atoms with E-state index in [1.807, 2.05) is 17.0 Å². The fraction of sp³-hybridized carbons (Fsp3) is 0.800. The molecule has 1 aromatic rings. The minimum atomic E-state index is -0.302. The molecule has 2 saturated heterocycles. The average molecular weight is 295 g/mol. The van der Waals surface area contributed by atoms with Crippen LogP contribution in [0.5, 0.6) is 0 Å². The number of aromatic nitrogens is 2. The molecule has 0 aliphatic carbocycles. The molecule has 0 saturated carbocycles. The van der Waals surface area contributed by atoms with Gasteiger partial charge in [-0.2, -0.15) is 0 Å². The molecule has 1 atom stereocenters. The van der Waals surface area contributed by atoms with Crippen molar-refractivity contribution in [3.63, 3.8) is 0 Å². The lowest BCUT2D eigenvalue weighted by Gasteiger charge is -2.46. The molecule has 1 spiro atoms. The summed E-state index contributed by atoms with van der Waals surface area (Å²) in [5, 5.41) is 10.3. The maximum absolute atomic E-state index is 10.3. The molecule has 1 unspecified atom stereocenters. The molecule has 3 rings (SSSR count). The van der Waals surface area contributed by atoms with Gasteiger partial charge >= 0.3 is 0 Å². The van der Waals surface area contributed by atoms with Gasteiger partial charge in [0.25, 0.3) is 0 Å². The molecule has 1 N–H and O–H groups in total. The number of nitrogens with zero attached hydrogens (tertiary/aromatic N) is 3. The normalized spacial score (nSPS) is 26.3. The third-order valence-electron chi connectivity index (χ3n) is 4.76. The van der Waals surface area contributed by atoms with Gasteiger partial charge in [-0.15, -0.1) is 0 Å². The molecular formula is C15H25N3O3. The Morgan fingerprint density at radius 2 is 2.29 bits per heavy atom. The number of imidazole rings is 1. The van der Waals surface area contributed by atoms with Crippen LogP contribution in [0.15, 0.2) is 12.4 Å². The third kappa shape index (κ3) is 3.13. The van der Waals surface area contributed by atoms with Crippen LogP contribution in [0.1, 0.15) is 31.5 Å². The lowest BCUT2D eigenvalue weighted by Crippen LogP contribution is -2.55. The van der Waals surface area contributed by atoms with E-state index in [0.29, 0.717) is 6.73 Å². The highest BCUT2D eigenvalue weighted by Gasteiger charge is 2.43. The summed E-state index contributed by atoms with van der Waals surface area (Å²) in [4.78, 5) is 6.79. The number of hydrogen-bond donors (Lipinski definition) is 1. The van der Waals surface area contributed by atoms with E-state index >= 15 is 0 Å². The molecule has 1 aromatic heterocycles. The minimum Gasteiger partial charge on any atom is -0.390 e. The van der Waals surface area contributed by atoms with E-state index in [1.165, 1.54) is 0 Å². The highest BCUT2D eigenvalue weighted by molar-refractivity contribution is 4.98. The summed E-state index contributed by atoms with van der Waals surface area (Å²) in [6, 6.07) is 0. The fourth-order valence-electron chi connectivity index (χ4n) is 3.43. The molecule has 6 heteroatoms. The van der Waals surface area contributed by atoms with Crippen molar-refractivity contribution in [3.8, 4) is 0 Å². The lowest BCUT2D eigenvalue weighted by atomic mass is 9.82. The highest BCUT2D eigenvalue weighted by atomic mass is 16.5. The number of likely N-dealkylation sites (tertiary alicyclic amines) is 1. The van der Waals surface area contributed by atoms with Crippen molar-refractivity contribution in [2.24, 2.45) is 0 Å². The molecule has 2 fully saturated rings. The second-order valence-electron chi connectivity index (χ2n) is 6.08. The maximum Gasteiger partial charge on any atom is 0.124 e. The van der Waals surface area contributed by atoms with Crippen molar-refractivity contribution in [1.29, 1.82) is 0 Å². The quantitative estimate of drug-likeness (QED) is 0.898. The van der Waals surface area contributed by atoms with Gasteiger partial charge in [0.15, 0.2) is 0 Å². The molecule has 0 radical (unpaired) electrons. The molecule has 0 aromatic carbocycles. The first-order chi connectivity index (χ1) is 10.2. The zero-order valence-corrected chi connectivity index (χ0v) is 12.7. The Morgan fingerprint density at radius 3 is 3.00 bits per heavy atom. The summed E-state index contributed by atoms with van der Waals surface area (Å²) in [6.45, 7) is 4.03. The molecule has 0 amide bonds. The summed E-state index contributed by atoms with van der Waals surface area (Å²) in [6.07, 6.45) is 7.10. The van der Waals surface area contributed by atoms with E-state index in [0.717, 1.165) is 57.7 Å². The molecule has 2 aliphatic heterocycles. The molecule has 6 nitrogen and oxygen atoms in total. The Morgan fingerprint density at radius 1 is 1.48 bits per heavy atom. The monoisotopic (exact) mass is 295 g/mol. The van der Waals surface area contributed by atoms with E-state index < -0.39 is 0 Å². The zero-order chi connectivity index (χ0) is 14.7. The number of ether oxygens (including phenoxy) is 2. The molecule has 118 valence electrons. The highest BCUT2D eigenvalue weighted by Crippen LogP contribution is 2.35. The molecule has 21 heavy (non-hydrogen) atoms. The number of rotatable bonds is 4. The van der Waals surface area contributed by atoms with Crippen LogP contribution in [0.25, 0.3) is 0 Å². The molecule has 2 aliphatic rings. The van der Waals surface area contributed by atoms with Crippen LogP contribution in [-0.2, 0) is 22.7 Å². The van der Waals surface area contributed by atoms with Gasteiger partial charge in [-0.05, 0) is 25.7 Å². The van der Waals surface area contributed by atoms with E-state index in [4.69, 9.17) is 9.47 Å². The second kappa shape index (κ2) is 6.44. The smallest absolute Gasteiger partial charge is 0.124 e. The Bertz CT molecular complexity index is 455. The van der Waals surface area contributed by atoms with Gasteiger partial charge in [-0.1, -0.05) is 0 Å². The average Bonchev–Trinajstić information content (AvgIpc) is 2.92. The number of piperidine rings is 1. The Labute approximate surface area is 125 Å². The first-order valence-corrected chi connectivity index (χ1v) is 7.77. The van der Waals surface area contributed by atoms with Crippen LogP contribution in [0.3, 0.4) is 0 Å². The predicted octanol–water partition coefficient (Wildman–Crippen LogP) is 0.993. The maximum atomic E-state index is 10.3. The Hall–Kier alpha value is -0.950. The topological polar surface area (TPSA) is 59.8 Å². The van der Waals surface area contributed by atoms with Crippen LogP contribution in [0, 0.1) is 0 Å². The first-order valence-electron chi connectivity index (χ1n) is 7.77. The summed E-state index contributed by atoms with van der Waals surface area (Å²) in [5.74, 6) is 1.03. The second-order valence-corrected chi connectivity index (χ2v) is 6.08. The standard InChI is InChI=1S/C15H25N3O3/c1-20-12-18-9-6-16-14(18)11-17-7-4-15(5-8-17)13(19)3-2-10-21-15/h6,9,13,19H,2-5,7-8,10-12H2,1H3. The minimum absolute atomic E-state index is 0.295. The number of aliphatic hydroxyl groups is 1. The van der Waals surface area contributed by atoms with Crippen molar-refractivity contribution in [2.75, 3.05) is 26.8 Å². The van der Waals surface area contributed by atoms with Crippen molar-refractivity contribution in [3.05, 3.63) is 18.2 Å². The van der Waals surface area contributed by atoms with Gasteiger partial charge in [0, 0.05) is 39.2 Å². The summed E-state index contributed by atoms with van der Waals surface area (Å²) >= 11 is 0. The van der Waals surface area contributed by atoms with Crippen LogP contribution in [-0.4, -0.2) is 58.1 Å². The predicted molar refractivity (Wildman–Crippen MR) is 77.7 cm³/mol. The first kappa shape index (κ1) is 15.0. The summed E-state index contributed by atoms with van der Waals surface area (Å²) < 4.78 is 13.1. The van der Waals surface area contributed by atoms with Gasteiger partial charge in [0.1, 0.15) is 12.6 Å². The van der Waals surface area contributed by atoms with Crippen molar-refractivity contribution < 1.29 is 14.6 Å². The third-order valence-corrected chi connectivity index (χ3v) is 4.76. The van der Waals surface area contributed by atoms with Crippen molar-refractivity contribution in [1.82, 2.24) is 14.5 Å². The van der Waals surface area contributed by atoms with E-state index in [-0.39, 0.29) is 11.7 Å². The van der Waals surface area contributed by atoms with Gasteiger partial charge in [0.2, 0.25) is 0 Å². The van der Waals surface area contributed by atoms with Crippen LogP contribution < -0.4 is 0 Å². The summed E-state index contributed by atoms with van der Waals surface area (Å²) in [5.41, 5.74) is -0.295. The fourth-order valence-corrected chi connectivity index (χ4v) is 3.43. The van der Waals surface area contributed by atoms with Crippen molar-refractivity contribution in [2.45, 2.75) is 50.7 Å². The number of hydrogen-bond acceptors (Lipinski definition) is 5. The van der Waals surface area contributed by atoms with Crippen molar-refractivity contribution >= 4 is 0 Å². The van der Waals surface area contributed by atoms with Crippen LogP contribution in [0.2, 0.25) is 0 Å². The van der Waals surface area contributed by atoms with Crippen LogP contribution >= 0.6 is 0 Å². The van der Waals surface area contributed by atoms with Gasteiger partial charge in [0.05, 0.1) is 18.2 Å². The Balaban J connectivity index is 1.57. The van der Waals surface area contributed by atoms with Gasteiger partial charge < -0.3 is 19.1 Å². The van der Waals surface area contributed by atoms with Crippen LogP contribution in [0.4, 0.5) is 0 Å². The van der Waals surface area contributed by atoms with Gasteiger partial charge in [-0.3, -0.25) is 4.90 Å². The SMILES string of the molecule is COCn1ccnc1CN1CCC2(CC1)OCCCC2O. The van der Waals surface area contributed by atoms with E-state index in [2.05, 4.69) is 9.88 Å². The van der Waals surface area contributed by atoms with E-state index in [9.17, 15) is 5.11 Å².